The van der Waals surface area contributed by atoms with Crippen molar-refractivity contribution in [1.29, 1.82) is 0 Å². The van der Waals surface area contributed by atoms with Gasteiger partial charge in [0.2, 0.25) is 5.95 Å². The Morgan fingerprint density at radius 3 is 2.73 bits per heavy atom. The van der Waals surface area contributed by atoms with Gasteiger partial charge in [0.15, 0.2) is 17.5 Å². The van der Waals surface area contributed by atoms with E-state index in [1.54, 1.807) is 31.1 Å². The van der Waals surface area contributed by atoms with Gasteiger partial charge in [-0.3, -0.25) is 14.1 Å². The van der Waals surface area contributed by atoms with Crippen LogP contribution in [0.2, 0.25) is 0 Å². The zero-order chi connectivity index (χ0) is 20.2. The number of hydrogen-bond donors (Lipinski definition) is 0. The Morgan fingerprint density at radius 2 is 1.97 bits per heavy atom. The molecule has 0 amide bonds. The highest BCUT2D eigenvalue weighted by atomic mass is 15.4. The average Bonchev–Trinajstić information content (AvgIpc) is 3.28. The van der Waals surface area contributed by atoms with Crippen molar-refractivity contribution >= 4 is 5.82 Å². The van der Waals surface area contributed by atoms with Crippen molar-refractivity contribution in [1.82, 2.24) is 44.3 Å². The number of aromatic nitrogens is 9. The lowest BCUT2D eigenvalue weighted by molar-refractivity contribution is 0.530. The van der Waals surface area contributed by atoms with E-state index in [0.29, 0.717) is 23.5 Å². The first-order valence-electron chi connectivity index (χ1n) is 10.1. The molecule has 2 aliphatic rings. The first-order chi connectivity index (χ1) is 14.8. The molecule has 5 heterocycles. The van der Waals surface area contributed by atoms with Gasteiger partial charge in [0.25, 0.3) is 0 Å². The Hall–Kier alpha value is -3.69. The second kappa shape index (κ2) is 6.41. The first kappa shape index (κ1) is 17.2. The van der Waals surface area contributed by atoms with Crippen molar-refractivity contribution in [2.75, 3.05) is 4.90 Å². The summed E-state index contributed by atoms with van der Waals surface area (Å²) in [5, 5.41) is 8.60. The molecule has 6 rings (SSSR count). The van der Waals surface area contributed by atoms with Crippen LogP contribution in [0.25, 0.3) is 23.2 Å². The van der Waals surface area contributed by atoms with Gasteiger partial charge in [0.1, 0.15) is 17.7 Å². The number of rotatable bonds is 4. The van der Waals surface area contributed by atoms with Gasteiger partial charge in [-0.2, -0.15) is 4.98 Å². The molecule has 1 aliphatic heterocycles. The van der Waals surface area contributed by atoms with Crippen molar-refractivity contribution in [3.05, 3.63) is 48.8 Å². The van der Waals surface area contributed by atoms with Gasteiger partial charge in [0.05, 0.1) is 17.9 Å². The SMILES string of the molecule is CC[C@@H]1c2nncn2-c2c(C)nc(-n3ccnc3-c3cnccn3)nc2N1C1CC1. The molecule has 10 nitrogen and oxygen atoms in total. The Balaban J connectivity index is 1.56. The molecule has 0 saturated heterocycles. The summed E-state index contributed by atoms with van der Waals surface area (Å²) in [4.78, 5) is 25.3. The first-order valence-corrected chi connectivity index (χ1v) is 10.1. The van der Waals surface area contributed by atoms with E-state index >= 15 is 0 Å². The van der Waals surface area contributed by atoms with Gasteiger partial charge in [-0.15, -0.1) is 10.2 Å². The molecule has 0 spiro atoms. The minimum absolute atomic E-state index is 0.150. The molecule has 0 bridgehead atoms. The van der Waals surface area contributed by atoms with E-state index in [1.165, 1.54) is 12.8 Å². The smallest absolute Gasteiger partial charge is 0.237 e. The van der Waals surface area contributed by atoms with Crippen molar-refractivity contribution in [3.8, 4) is 23.2 Å². The van der Waals surface area contributed by atoms with Gasteiger partial charge in [-0.1, -0.05) is 6.92 Å². The number of aryl methyl sites for hydroxylation is 1. The third-order valence-corrected chi connectivity index (χ3v) is 5.70. The quantitative estimate of drug-likeness (QED) is 0.515. The zero-order valence-electron chi connectivity index (χ0n) is 16.7. The predicted molar refractivity (Wildman–Crippen MR) is 108 cm³/mol. The van der Waals surface area contributed by atoms with Crippen LogP contribution in [0.1, 0.15) is 43.7 Å². The van der Waals surface area contributed by atoms with E-state index < -0.39 is 0 Å². The molecule has 4 aromatic heterocycles. The highest BCUT2D eigenvalue weighted by Gasteiger charge is 2.42. The standard InChI is InChI=1S/C20H20N10/c1-3-15-18-27-24-11-29(18)16-12(2)25-20(26-19(16)30(15)13-4-5-13)28-9-8-23-17(28)14-10-21-6-7-22-14/h6-11,13,15H,3-5H2,1-2H3/t15-/m1/s1. The Kier molecular flexibility index (Phi) is 3.67. The lowest BCUT2D eigenvalue weighted by atomic mass is 10.1. The van der Waals surface area contributed by atoms with Crippen molar-refractivity contribution in [2.24, 2.45) is 0 Å². The number of nitrogens with zero attached hydrogens (tertiary/aromatic N) is 10. The molecule has 30 heavy (non-hydrogen) atoms. The minimum atomic E-state index is 0.150. The summed E-state index contributed by atoms with van der Waals surface area (Å²) in [6.45, 7) is 4.19. The van der Waals surface area contributed by atoms with Gasteiger partial charge < -0.3 is 4.90 Å². The van der Waals surface area contributed by atoms with Gasteiger partial charge in [-0.25, -0.2) is 15.0 Å². The third kappa shape index (κ3) is 2.46. The summed E-state index contributed by atoms with van der Waals surface area (Å²) < 4.78 is 3.91. The highest BCUT2D eigenvalue weighted by molar-refractivity contribution is 5.66. The summed E-state index contributed by atoms with van der Waals surface area (Å²) in [5.74, 6) is 3.12. The Bertz CT molecular complexity index is 1220. The molecular formula is C20H20N10. The van der Waals surface area contributed by atoms with Crippen LogP contribution in [-0.4, -0.2) is 50.3 Å². The molecule has 1 fully saturated rings. The number of imidazole rings is 1. The second-order valence-electron chi connectivity index (χ2n) is 7.61. The van der Waals surface area contributed by atoms with Crippen LogP contribution < -0.4 is 4.90 Å². The minimum Gasteiger partial charge on any atom is -0.341 e. The summed E-state index contributed by atoms with van der Waals surface area (Å²) >= 11 is 0. The average molecular weight is 400 g/mol. The summed E-state index contributed by atoms with van der Waals surface area (Å²) in [5.41, 5.74) is 2.50. The van der Waals surface area contributed by atoms with E-state index in [2.05, 4.69) is 37.0 Å². The van der Waals surface area contributed by atoms with E-state index in [0.717, 1.165) is 29.4 Å². The van der Waals surface area contributed by atoms with E-state index in [9.17, 15) is 0 Å². The molecule has 4 aromatic rings. The van der Waals surface area contributed by atoms with E-state index in [-0.39, 0.29) is 6.04 Å². The molecule has 0 unspecified atom stereocenters. The molecular weight excluding hydrogens is 380 g/mol. The molecule has 0 N–H and O–H groups in total. The van der Waals surface area contributed by atoms with Gasteiger partial charge in [-0.05, 0) is 26.2 Å². The van der Waals surface area contributed by atoms with Crippen LogP contribution in [0.3, 0.4) is 0 Å². The number of hydrogen-bond acceptors (Lipinski definition) is 8. The summed E-state index contributed by atoms with van der Waals surface area (Å²) in [7, 11) is 0. The lowest BCUT2D eigenvalue weighted by Crippen LogP contribution is -2.38. The third-order valence-electron chi connectivity index (χ3n) is 5.70. The number of fused-ring (bicyclic) bond motifs is 3. The van der Waals surface area contributed by atoms with Crippen LogP contribution in [0.5, 0.6) is 0 Å². The largest absolute Gasteiger partial charge is 0.341 e. The molecule has 10 heteroatoms. The molecule has 0 radical (unpaired) electrons. The maximum Gasteiger partial charge on any atom is 0.237 e. The molecule has 150 valence electrons. The number of anilines is 1. The fraction of sp³-hybridized carbons (Fsp3) is 0.350. The maximum atomic E-state index is 5.04. The normalized spacial score (nSPS) is 17.7. The van der Waals surface area contributed by atoms with Crippen LogP contribution >= 0.6 is 0 Å². The predicted octanol–water partition coefficient (Wildman–Crippen LogP) is 2.44. The van der Waals surface area contributed by atoms with Crippen molar-refractivity contribution < 1.29 is 0 Å². The Morgan fingerprint density at radius 1 is 1.07 bits per heavy atom. The Labute approximate surface area is 172 Å². The summed E-state index contributed by atoms with van der Waals surface area (Å²) in [6.07, 6.45) is 13.6. The van der Waals surface area contributed by atoms with Crippen molar-refractivity contribution in [3.63, 3.8) is 0 Å². The van der Waals surface area contributed by atoms with E-state index in [1.807, 2.05) is 22.3 Å². The zero-order valence-corrected chi connectivity index (χ0v) is 16.7. The van der Waals surface area contributed by atoms with Crippen LogP contribution in [-0.2, 0) is 0 Å². The topological polar surface area (TPSA) is 103 Å². The summed E-state index contributed by atoms with van der Waals surface area (Å²) in [6, 6.07) is 0.625. The van der Waals surface area contributed by atoms with Gasteiger partial charge in [0, 0.05) is 30.8 Å². The fourth-order valence-electron chi connectivity index (χ4n) is 4.25. The van der Waals surface area contributed by atoms with Crippen molar-refractivity contribution in [2.45, 2.75) is 45.2 Å². The fourth-order valence-corrected chi connectivity index (χ4v) is 4.25. The molecule has 0 aromatic carbocycles. The molecule has 1 atom stereocenters. The van der Waals surface area contributed by atoms with Crippen LogP contribution in [0.4, 0.5) is 5.82 Å². The highest BCUT2D eigenvalue weighted by Crippen LogP contribution is 2.45. The second-order valence-corrected chi connectivity index (χ2v) is 7.61. The van der Waals surface area contributed by atoms with Crippen LogP contribution in [0.15, 0.2) is 37.3 Å². The molecule has 1 saturated carbocycles. The maximum absolute atomic E-state index is 5.04. The van der Waals surface area contributed by atoms with Gasteiger partial charge >= 0.3 is 0 Å². The monoisotopic (exact) mass is 400 g/mol. The molecule has 1 aliphatic carbocycles. The van der Waals surface area contributed by atoms with E-state index in [4.69, 9.17) is 9.97 Å². The van der Waals surface area contributed by atoms with Crippen LogP contribution in [0, 0.1) is 6.92 Å². The lowest BCUT2D eigenvalue weighted by Gasteiger charge is -2.37.